The number of nitrogens with zero attached hydrogens (tertiary/aromatic N) is 1. The van der Waals surface area contributed by atoms with Gasteiger partial charge in [0.15, 0.2) is 0 Å². The summed E-state index contributed by atoms with van der Waals surface area (Å²) in [5.74, 6) is 0.943. The number of aromatic nitrogens is 2. The third kappa shape index (κ3) is 2.04. The van der Waals surface area contributed by atoms with E-state index in [4.69, 9.17) is 4.98 Å². The molecule has 0 radical (unpaired) electrons. The molecule has 5 heteroatoms. The number of thiophene rings is 3. The summed E-state index contributed by atoms with van der Waals surface area (Å²) in [6.45, 7) is 0. The van der Waals surface area contributed by atoms with Gasteiger partial charge in [-0.15, -0.1) is 22.7 Å². The van der Waals surface area contributed by atoms with Gasteiger partial charge in [-0.3, -0.25) is 0 Å². The first kappa shape index (κ1) is 12.1. The molecule has 4 rings (SSSR count). The molecule has 0 aliphatic rings. The van der Waals surface area contributed by atoms with E-state index in [9.17, 15) is 0 Å². The Morgan fingerprint density at radius 1 is 0.900 bits per heavy atom. The van der Waals surface area contributed by atoms with Crippen molar-refractivity contribution in [2.24, 2.45) is 0 Å². The zero-order valence-electron chi connectivity index (χ0n) is 10.4. The Balaban J connectivity index is 1.92. The molecule has 0 aliphatic heterocycles. The maximum Gasteiger partial charge on any atom is 0.139 e. The first-order valence-corrected chi connectivity index (χ1v) is 8.82. The van der Waals surface area contributed by atoms with E-state index in [1.807, 2.05) is 0 Å². The molecule has 4 heterocycles. The fourth-order valence-corrected chi connectivity index (χ4v) is 4.19. The van der Waals surface area contributed by atoms with Crippen LogP contribution in [0.3, 0.4) is 0 Å². The average Bonchev–Trinajstić information content (AvgIpc) is 3.22. The number of imidazole rings is 1. The van der Waals surface area contributed by atoms with Crippen LogP contribution in [-0.2, 0) is 0 Å². The molecule has 0 amide bonds. The van der Waals surface area contributed by atoms with Crippen molar-refractivity contribution in [1.29, 1.82) is 0 Å². The minimum atomic E-state index is 0.943. The third-order valence-electron chi connectivity index (χ3n) is 3.02. The largest absolute Gasteiger partial charge is 0.337 e. The zero-order chi connectivity index (χ0) is 13.4. The number of H-pyrrole nitrogens is 1. The molecule has 0 saturated carbocycles. The molecule has 20 heavy (non-hydrogen) atoms. The fourth-order valence-electron chi connectivity index (χ4n) is 2.10. The minimum Gasteiger partial charge on any atom is -0.337 e. The summed E-state index contributed by atoms with van der Waals surface area (Å²) in [6, 6.07) is 10.5. The highest BCUT2D eigenvalue weighted by Crippen LogP contribution is 2.37. The Morgan fingerprint density at radius 3 is 2.35 bits per heavy atom. The molecule has 0 bridgehead atoms. The summed E-state index contributed by atoms with van der Waals surface area (Å²) < 4.78 is 0. The highest BCUT2D eigenvalue weighted by Gasteiger charge is 2.16. The van der Waals surface area contributed by atoms with Crippen LogP contribution in [0.15, 0.2) is 51.9 Å². The van der Waals surface area contributed by atoms with Crippen molar-refractivity contribution >= 4 is 34.0 Å². The lowest BCUT2D eigenvalue weighted by Gasteiger charge is -1.96. The topological polar surface area (TPSA) is 28.7 Å². The molecule has 1 N–H and O–H groups in total. The Labute approximate surface area is 128 Å². The average molecular weight is 314 g/mol. The smallest absolute Gasteiger partial charge is 0.139 e. The minimum absolute atomic E-state index is 0.943. The van der Waals surface area contributed by atoms with Crippen LogP contribution in [0, 0.1) is 0 Å². The Hall–Kier alpha value is -1.69. The first-order valence-electron chi connectivity index (χ1n) is 6.12. The van der Waals surface area contributed by atoms with Crippen LogP contribution in [-0.4, -0.2) is 9.97 Å². The summed E-state index contributed by atoms with van der Waals surface area (Å²) in [4.78, 5) is 10.7. The van der Waals surface area contributed by atoms with Gasteiger partial charge in [-0.25, -0.2) is 4.98 Å². The molecular formula is C15H10N2S3. The second kappa shape index (κ2) is 5.01. The van der Waals surface area contributed by atoms with E-state index < -0.39 is 0 Å². The van der Waals surface area contributed by atoms with Gasteiger partial charge in [0.25, 0.3) is 0 Å². The molecular weight excluding hydrogens is 304 g/mol. The standard InChI is InChI=1S/C15H10N2S3/c1-3-11(19-6-1)13-14(12-4-2-7-20-12)17-15(16-13)10-5-8-18-9-10/h1-9H,(H,16,17). The second-order valence-electron chi connectivity index (χ2n) is 4.28. The summed E-state index contributed by atoms with van der Waals surface area (Å²) in [5.41, 5.74) is 3.31. The number of hydrogen-bond donors (Lipinski definition) is 1. The molecule has 0 aromatic carbocycles. The van der Waals surface area contributed by atoms with Gasteiger partial charge in [0.05, 0.1) is 15.4 Å². The van der Waals surface area contributed by atoms with E-state index in [0.717, 1.165) is 22.8 Å². The SMILES string of the molecule is c1csc(-c2nc(-c3ccsc3)[nH]c2-c2cccs2)c1. The fraction of sp³-hybridized carbons (Fsp3) is 0. The van der Waals surface area contributed by atoms with Gasteiger partial charge < -0.3 is 4.98 Å². The van der Waals surface area contributed by atoms with Crippen LogP contribution in [0.5, 0.6) is 0 Å². The van der Waals surface area contributed by atoms with E-state index in [1.54, 1.807) is 34.0 Å². The predicted molar refractivity (Wildman–Crippen MR) is 88.5 cm³/mol. The molecule has 0 spiro atoms. The normalized spacial score (nSPS) is 11.0. The predicted octanol–water partition coefficient (Wildman–Crippen LogP) is 5.60. The number of rotatable bonds is 3. The Bertz CT molecular complexity index is 742. The van der Waals surface area contributed by atoms with Gasteiger partial charge in [-0.05, 0) is 34.3 Å². The van der Waals surface area contributed by atoms with E-state index in [0.29, 0.717) is 0 Å². The van der Waals surface area contributed by atoms with Gasteiger partial charge in [0.1, 0.15) is 11.5 Å². The van der Waals surface area contributed by atoms with Gasteiger partial charge in [0.2, 0.25) is 0 Å². The molecule has 0 fully saturated rings. The lowest BCUT2D eigenvalue weighted by atomic mass is 10.2. The van der Waals surface area contributed by atoms with Gasteiger partial charge in [0, 0.05) is 10.9 Å². The highest BCUT2D eigenvalue weighted by atomic mass is 32.1. The molecule has 0 aliphatic carbocycles. The quantitative estimate of drug-likeness (QED) is 0.524. The lowest BCUT2D eigenvalue weighted by Crippen LogP contribution is -1.76. The van der Waals surface area contributed by atoms with Crippen molar-refractivity contribution in [3.8, 4) is 32.5 Å². The van der Waals surface area contributed by atoms with Crippen LogP contribution in [0.4, 0.5) is 0 Å². The molecule has 0 saturated heterocycles. The van der Waals surface area contributed by atoms with Crippen LogP contribution >= 0.6 is 34.0 Å². The summed E-state index contributed by atoms with van der Waals surface area (Å²) in [5, 5.41) is 8.38. The lowest BCUT2D eigenvalue weighted by molar-refractivity contribution is 1.32. The highest BCUT2D eigenvalue weighted by molar-refractivity contribution is 7.14. The van der Waals surface area contributed by atoms with Crippen molar-refractivity contribution in [1.82, 2.24) is 9.97 Å². The summed E-state index contributed by atoms with van der Waals surface area (Å²) in [7, 11) is 0. The van der Waals surface area contributed by atoms with Gasteiger partial charge >= 0.3 is 0 Å². The molecule has 2 nitrogen and oxygen atoms in total. The Kier molecular flexibility index (Phi) is 3.03. The van der Waals surface area contributed by atoms with Crippen LogP contribution in [0.25, 0.3) is 32.5 Å². The molecule has 98 valence electrons. The molecule has 4 aromatic rings. The molecule has 0 unspecified atom stereocenters. The van der Waals surface area contributed by atoms with Crippen molar-refractivity contribution in [2.45, 2.75) is 0 Å². The Morgan fingerprint density at radius 2 is 1.70 bits per heavy atom. The third-order valence-corrected chi connectivity index (χ3v) is 5.47. The summed E-state index contributed by atoms with van der Waals surface area (Å²) >= 11 is 5.15. The van der Waals surface area contributed by atoms with Crippen LogP contribution in [0.1, 0.15) is 0 Å². The van der Waals surface area contributed by atoms with Crippen LogP contribution < -0.4 is 0 Å². The zero-order valence-corrected chi connectivity index (χ0v) is 12.8. The van der Waals surface area contributed by atoms with Crippen molar-refractivity contribution in [3.05, 3.63) is 51.9 Å². The van der Waals surface area contributed by atoms with Gasteiger partial charge in [-0.2, -0.15) is 11.3 Å². The number of nitrogens with one attached hydrogen (secondary N) is 1. The van der Waals surface area contributed by atoms with E-state index in [2.05, 4.69) is 56.8 Å². The maximum absolute atomic E-state index is 4.82. The van der Waals surface area contributed by atoms with Gasteiger partial charge in [-0.1, -0.05) is 12.1 Å². The molecule has 4 aromatic heterocycles. The first-order chi connectivity index (χ1) is 9.92. The van der Waals surface area contributed by atoms with E-state index >= 15 is 0 Å². The second-order valence-corrected chi connectivity index (χ2v) is 6.95. The monoisotopic (exact) mass is 314 g/mol. The summed E-state index contributed by atoms with van der Waals surface area (Å²) in [6.07, 6.45) is 0. The maximum atomic E-state index is 4.82. The van der Waals surface area contributed by atoms with E-state index in [-0.39, 0.29) is 0 Å². The van der Waals surface area contributed by atoms with Crippen molar-refractivity contribution in [2.75, 3.05) is 0 Å². The van der Waals surface area contributed by atoms with Crippen molar-refractivity contribution in [3.63, 3.8) is 0 Å². The van der Waals surface area contributed by atoms with Crippen LogP contribution in [0.2, 0.25) is 0 Å². The number of hydrogen-bond acceptors (Lipinski definition) is 4. The van der Waals surface area contributed by atoms with Crippen molar-refractivity contribution < 1.29 is 0 Å². The van der Waals surface area contributed by atoms with E-state index in [1.165, 1.54) is 9.75 Å². The molecule has 0 atom stereocenters. The number of aromatic amines is 1.